The van der Waals surface area contributed by atoms with Crippen molar-refractivity contribution in [3.8, 4) is 0 Å². The number of thioether (sulfide) groups is 1. The van der Waals surface area contributed by atoms with Gasteiger partial charge in [-0.15, -0.1) is 0 Å². The van der Waals surface area contributed by atoms with Gasteiger partial charge in [0, 0.05) is 11.3 Å². The van der Waals surface area contributed by atoms with E-state index in [4.69, 9.17) is 5.11 Å². The van der Waals surface area contributed by atoms with Crippen LogP contribution in [0.5, 0.6) is 0 Å². The lowest BCUT2D eigenvalue weighted by Gasteiger charge is -2.21. The minimum Gasteiger partial charge on any atom is -0.395 e. The number of nitrogens with one attached hydrogen (secondary N) is 1. The van der Waals surface area contributed by atoms with Crippen molar-refractivity contribution in [2.45, 2.75) is 18.2 Å². The maximum Gasteiger partial charge on any atom is 0.253 e. The molecule has 0 radical (unpaired) electrons. The van der Waals surface area contributed by atoms with E-state index in [1.165, 1.54) is 24.2 Å². The van der Waals surface area contributed by atoms with E-state index in [9.17, 15) is 4.79 Å². The number of aliphatic hydroxyl groups is 1. The van der Waals surface area contributed by atoms with Crippen LogP contribution >= 0.6 is 11.8 Å². The molecule has 0 aliphatic rings. The van der Waals surface area contributed by atoms with Crippen LogP contribution in [0.1, 0.15) is 17.3 Å². The second-order valence-corrected chi connectivity index (χ2v) is 4.43. The molecule has 6 heteroatoms. The zero-order valence-corrected chi connectivity index (χ0v) is 10.1. The highest BCUT2D eigenvalue weighted by Crippen LogP contribution is 2.10. The van der Waals surface area contributed by atoms with Crippen LogP contribution in [0.4, 0.5) is 0 Å². The number of rotatable bonds is 5. The van der Waals surface area contributed by atoms with Crippen LogP contribution in [0.15, 0.2) is 18.5 Å². The Balaban J connectivity index is 2.58. The first kappa shape index (κ1) is 12.9. The number of aromatic nitrogens is 2. The summed E-state index contributed by atoms with van der Waals surface area (Å²) in [7, 11) is 0. The normalized spacial score (nSPS) is 14.2. The summed E-state index contributed by atoms with van der Waals surface area (Å²) in [5.41, 5.74) is 0.472. The molecule has 1 rings (SSSR count). The Morgan fingerprint density at radius 2 is 2.38 bits per heavy atom. The smallest absolute Gasteiger partial charge is 0.253 e. The van der Waals surface area contributed by atoms with Gasteiger partial charge in [0.1, 0.15) is 0 Å². The van der Waals surface area contributed by atoms with Gasteiger partial charge in [0.2, 0.25) is 0 Å². The first-order chi connectivity index (χ1) is 7.69. The van der Waals surface area contributed by atoms with Crippen LogP contribution in [0, 0.1) is 0 Å². The summed E-state index contributed by atoms with van der Waals surface area (Å²) in [5, 5.41) is 19.1. The Morgan fingerprint density at radius 3 is 2.88 bits per heavy atom. The highest BCUT2D eigenvalue weighted by molar-refractivity contribution is 7.99. The topological polar surface area (TPSA) is 75.1 Å². The van der Waals surface area contributed by atoms with E-state index < -0.39 is 0 Å². The van der Waals surface area contributed by atoms with Crippen LogP contribution in [0.2, 0.25) is 0 Å². The van der Waals surface area contributed by atoms with Gasteiger partial charge in [-0.25, -0.2) is 0 Å². The van der Waals surface area contributed by atoms with Gasteiger partial charge in [0.05, 0.1) is 24.6 Å². The lowest BCUT2D eigenvalue weighted by atomic mass is 10.2. The molecule has 0 bridgehead atoms. The lowest BCUT2D eigenvalue weighted by molar-refractivity contribution is 0.0935. The summed E-state index contributed by atoms with van der Waals surface area (Å²) >= 11 is 1.52. The third-order valence-corrected chi connectivity index (χ3v) is 3.41. The zero-order valence-electron chi connectivity index (χ0n) is 9.25. The molecule has 5 nitrogen and oxygen atoms in total. The van der Waals surface area contributed by atoms with Gasteiger partial charge in [-0.1, -0.05) is 0 Å². The van der Waals surface area contributed by atoms with Crippen molar-refractivity contribution in [1.82, 2.24) is 15.5 Å². The van der Waals surface area contributed by atoms with Crippen LogP contribution in [0.3, 0.4) is 0 Å². The van der Waals surface area contributed by atoms with Gasteiger partial charge in [-0.2, -0.15) is 22.0 Å². The molecule has 0 aliphatic carbocycles. The molecule has 1 heterocycles. The van der Waals surface area contributed by atoms with Crippen LogP contribution in [-0.2, 0) is 0 Å². The standard InChI is InChI=1S/C10H15N3O2S/c1-7(9(6-14)16-2)13-10(15)8-3-4-11-12-5-8/h3-5,7,9,14H,6H2,1-2H3,(H,13,15). The number of carbonyl (C=O) groups excluding carboxylic acids is 1. The third-order valence-electron chi connectivity index (χ3n) is 2.25. The fraction of sp³-hybridized carbons (Fsp3) is 0.500. The van der Waals surface area contributed by atoms with Crippen molar-refractivity contribution < 1.29 is 9.90 Å². The van der Waals surface area contributed by atoms with E-state index in [2.05, 4.69) is 15.5 Å². The molecule has 0 aromatic carbocycles. The van der Waals surface area contributed by atoms with Crippen molar-refractivity contribution in [2.24, 2.45) is 0 Å². The van der Waals surface area contributed by atoms with Gasteiger partial charge in [-0.05, 0) is 19.2 Å². The molecule has 1 amide bonds. The van der Waals surface area contributed by atoms with Crippen LogP contribution in [0.25, 0.3) is 0 Å². The maximum atomic E-state index is 11.7. The summed E-state index contributed by atoms with van der Waals surface area (Å²) in [6.45, 7) is 1.90. The van der Waals surface area contributed by atoms with Crippen molar-refractivity contribution in [3.63, 3.8) is 0 Å². The Morgan fingerprint density at radius 1 is 1.62 bits per heavy atom. The average Bonchev–Trinajstić information content (AvgIpc) is 2.31. The number of amides is 1. The molecule has 2 atom stereocenters. The largest absolute Gasteiger partial charge is 0.395 e. The number of hydrogen-bond donors (Lipinski definition) is 2. The van der Waals surface area contributed by atoms with Gasteiger partial charge < -0.3 is 10.4 Å². The Kier molecular flexibility index (Phi) is 5.21. The van der Waals surface area contributed by atoms with Gasteiger partial charge >= 0.3 is 0 Å². The second-order valence-electron chi connectivity index (χ2n) is 3.35. The van der Waals surface area contributed by atoms with E-state index in [1.807, 2.05) is 13.2 Å². The molecule has 16 heavy (non-hydrogen) atoms. The molecule has 2 N–H and O–H groups in total. The predicted molar refractivity (Wildman–Crippen MR) is 63.3 cm³/mol. The quantitative estimate of drug-likeness (QED) is 0.776. The first-order valence-corrected chi connectivity index (χ1v) is 6.19. The fourth-order valence-electron chi connectivity index (χ4n) is 1.24. The van der Waals surface area contributed by atoms with E-state index in [0.29, 0.717) is 5.56 Å². The molecule has 2 unspecified atom stereocenters. The lowest BCUT2D eigenvalue weighted by Crippen LogP contribution is -2.41. The Labute approximate surface area is 98.7 Å². The molecule has 0 saturated heterocycles. The molecule has 0 aliphatic heterocycles. The highest BCUT2D eigenvalue weighted by Gasteiger charge is 2.18. The van der Waals surface area contributed by atoms with Gasteiger partial charge in [0.25, 0.3) is 5.91 Å². The Bertz CT molecular complexity index is 330. The van der Waals surface area contributed by atoms with Crippen molar-refractivity contribution in [2.75, 3.05) is 12.9 Å². The Hall–Kier alpha value is -1.14. The van der Waals surface area contributed by atoms with Crippen molar-refractivity contribution >= 4 is 17.7 Å². The fourth-order valence-corrected chi connectivity index (χ4v) is 1.87. The van der Waals surface area contributed by atoms with E-state index >= 15 is 0 Å². The highest BCUT2D eigenvalue weighted by atomic mass is 32.2. The minimum absolute atomic E-state index is 0.00116. The molecule has 1 aromatic heterocycles. The molecule has 1 aromatic rings. The third kappa shape index (κ3) is 3.46. The van der Waals surface area contributed by atoms with Crippen molar-refractivity contribution in [3.05, 3.63) is 24.0 Å². The zero-order chi connectivity index (χ0) is 12.0. The van der Waals surface area contributed by atoms with Crippen LogP contribution in [-0.4, -0.2) is 45.4 Å². The summed E-state index contributed by atoms with van der Waals surface area (Å²) in [5.74, 6) is -0.199. The van der Waals surface area contributed by atoms with E-state index in [1.54, 1.807) is 6.07 Å². The van der Waals surface area contributed by atoms with Gasteiger partial charge in [-0.3, -0.25) is 4.79 Å². The first-order valence-electron chi connectivity index (χ1n) is 4.90. The summed E-state index contributed by atoms with van der Waals surface area (Å²) in [6, 6.07) is 1.50. The number of hydrogen-bond acceptors (Lipinski definition) is 5. The summed E-state index contributed by atoms with van der Waals surface area (Å²) in [6.07, 6.45) is 4.78. The molecule has 0 fully saturated rings. The number of nitrogens with zero attached hydrogens (tertiary/aromatic N) is 2. The summed E-state index contributed by atoms with van der Waals surface area (Å²) < 4.78 is 0. The minimum atomic E-state index is -0.199. The van der Waals surface area contributed by atoms with Crippen LogP contribution < -0.4 is 5.32 Å². The molecule has 88 valence electrons. The number of carbonyl (C=O) groups is 1. The van der Waals surface area contributed by atoms with E-state index in [-0.39, 0.29) is 23.8 Å². The van der Waals surface area contributed by atoms with Gasteiger partial charge in [0.15, 0.2) is 0 Å². The maximum absolute atomic E-state index is 11.7. The SMILES string of the molecule is CSC(CO)C(C)NC(=O)c1ccnnc1. The van der Waals surface area contributed by atoms with Crippen molar-refractivity contribution in [1.29, 1.82) is 0 Å². The molecule has 0 spiro atoms. The monoisotopic (exact) mass is 241 g/mol. The number of aliphatic hydroxyl groups excluding tert-OH is 1. The predicted octanol–water partition coefficient (Wildman–Crippen LogP) is 0.319. The average molecular weight is 241 g/mol. The molecular weight excluding hydrogens is 226 g/mol. The second kappa shape index (κ2) is 6.44. The van der Waals surface area contributed by atoms with E-state index in [0.717, 1.165) is 0 Å². The molecular formula is C10H15N3O2S. The summed E-state index contributed by atoms with van der Waals surface area (Å²) in [4.78, 5) is 11.7. The molecule has 0 saturated carbocycles.